The summed E-state index contributed by atoms with van der Waals surface area (Å²) in [5.41, 5.74) is 26.3. The van der Waals surface area contributed by atoms with Gasteiger partial charge in [0.1, 0.15) is 28.6 Å². The van der Waals surface area contributed by atoms with Crippen molar-refractivity contribution in [2.45, 2.75) is 80.1 Å². The summed E-state index contributed by atoms with van der Waals surface area (Å²) in [6.45, 7) is 23.2. The molecule has 2 aliphatic heterocycles. The highest BCUT2D eigenvalue weighted by molar-refractivity contribution is 7.00. The lowest BCUT2D eigenvalue weighted by Gasteiger charge is -2.33. The highest BCUT2D eigenvalue weighted by atomic mass is 16.5. The van der Waals surface area contributed by atoms with E-state index in [9.17, 15) is 0 Å². The van der Waals surface area contributed by atoms with E-state index in [1.807, 2.05) is 6.20 Å². The van der Waals surface area contributed by atoms with Crippen LogP contribution in [0, 0.1) is 27.7 Å². The molecule has 6 nitrogen and oxygen atoms in total. The summed E-state index contributed by atoms with van der Waals surface area (Å²) in [4.78, 5) is 5.34. The molecule has 0 atom stereocenters. The Labute approximate surface area is 415 Å². The highest BCUT2D eigenvalue weighted by Crippen LogP contribution is 2.40. The predicted molar refractivity (Wildman–Crippen MR) is 300 cm³/mol. The fourth-order valence-corrected chi connectivity index (χ4v) is 13.4. The summed E-state index contributed by atoms with van der Waals surface area (Å²) >= 11 is 0. The van der Waals surface area contributed by atoms with Gasteiger partial charge in [-0.1, -0.05) is 160 Å². The van der Waals surface area contributed by atoms with Crippen LogP contribution in [0.1, 0.15) is 74.9 Å². The van der Waals surface area contributed by atoms with Gasteiger partial charge in [0.2, 0.25) is 0 Å². The van der Waals surface area contributed by atoms with Crippen molar-refractivity contribution >= 4 is 101 Å². The van der Waals surface area contributed by atoms with Crippen LogP contribution in [0.15, 0.2) is 152 Å². The number of hydrogen-bond donors (Lipinski definition) is 0. The van der Waals surface area contributed by atoms with Crippen molar-refractivity contribution in [2.24, 2.45) is 0 Å². The van der Waals surface area contributed by atoms with Crippen LogP contribution in [0.5, 0.6) is 11.5 Å². The molecule has 5 aromatic heterocycles. The Bertz CT molecular complexity index is 3980. The molecule has 14 rings (SSSR count). The zero-order chi connectivity index (χ0) is 48.6. The Kier molecular flexibility index (Phi) is 8.59. The number of para-hydroxylation sites is 2. The topological polar surface area (TPSA) is 40.8 Å². The van der Waals surface area contributed by atoms with Crippen molar-refractivity contribution in [1.82, 2.24) is 22.9 Å². The molecule has 0 spiro atoms. The first kappa shape index (κ1) is 42.2. The Morgan fingerprint density at radius 2 is 0.873 bits per heavy atom. The van der Waals surface area contributed by atoms with Crippen molar-refractivity contribution in [1.29, 1.82) is 0 Å². The second-order valence-electron chi connectivity index (χ2n) is 22.6. The largest absolute Gasteiger partial charge is 0.457 e. The maximum Gasteiger partial charge on any atom is 0.252 e. The molecule has 0 amide bonds. The third-order valence-electron chi connectivity index (χ3n) is 16.2. The Morgan fingerprint density at radius 3 is 1.41 bits per heavy atom. The first-order valence-electron chi connectivity index (χ1n) is 25.3. The minimum Gasteiger partial charge on any atom is -0.457 e. The molecule has 0 bridgehead atoms. The van der Waals surface area contributed by atoms with Gasteiger partial charge in [-0.25, -0.2) is 4.98 Å². The lowest BCUT2D eigenvalue weighted by molar-refractivity contribution is 0.484. The first-order chi connectivity index (χ1) is 34.2. The Balaban J connectivity index is 1.01. The molecule has 2 aliphatic rings. The van der Waals surface area contributed by atoms with E-state index in [0.717, 1.165) is 45.0 Å². The number of nitrogens with zero attached hydrogens (tertiary/aromatic N) is 5. The minimum absolute atomic E-state index is 0.00350. The van der Waals surface area contributed by atoms with Crippen LogP contribution < -0.4 is 37.5 Å². The van der Waals surface area contributed by atoms with Gasteiger partial charge < -0.3 is 4.74 Å². The number of benzene rings is 7. The number of aromatic nitrogens is 5. The lowest BCUT2D eigenvalue weighted by Crippen LogP contribution is -2.59. The average Bonchev–Trinajstić information content (AvgIpc) is 4.07. The molecule has 0 aliphatic carbocycles. The van der Waals surface area contributed by atoms with Gasteiger partial charge in [-0.15, -0.1) is 0 Å². The molecule has 0 saturated carbocycles. The van der Waals surface area contributed by atoms with E-state index >= 15 is 0 Å². The summed E-state index contributed by atoms with van der Waals surface area (Å²) in [6, 6.07) is 54.0. The second-order valence-corrected chi connectivity index (χ2v) is 22.6. The van der Waals surface area contributed by atoms with E-state index in [0.29, 0.717) is 0 Å². The molecule has 0 fully saturated rings. The van der Waals surface area contributed by atoms with Crippen molar-refractivity contribution in [3.63, 3.8) is 0 Å². The fraction of sp³-hybridized carbons (Fsp3) is 0.190. The van der Waals surface area contributed by atoms with E-state index in [1.165, 1.54) is 99.3 Å². The molecule has 0 saturated heterocycles. The Morgan fingerprint density at radius 1 is 0.408 bits per heavy atom. The van der Waals surface area contributed by atoms with Gasteiger partial charge in [0.25, 0.3) is 13.4 Å². The summed E-state index contributed by atoms with van der Waals surface area (Å²) in [5.74, 6) is 2.55. The van der Waals surface area contributed by atoms with E-state index in [4.69, 9.17) is 9.72 Å². The molecule has 7 heterocycles. The third kappa shape index (κ3) is 5.65. The summed E-state index contributed by atoms with van der Waals surface area (Å²) < 4.78 is 17.1. The summed E-state index contributed by atoms with van der Waals surface area (Å²) in [7, 11) is 0. The number of rotatable bonds is 4. The molecule has 12 aromatic rings. The smallest absolute Gasteiger partial charge is 0.252 e. The zero-order valence-corrected chi connectivity index (χ0v) is 42.2. The standard InChI is InChI=1S/C63H55B2N5O/c1-36-18-15-19-37(2)53(36)64-55-42-22-11-13-25-46(42)67-48-30-28-40(34-51(48)69(60(55)67)50-27-17-24-44(57(50)64)62(5,6)7)71-41-29-31-49-52(35-41)70-59-58(45(32-33-66-59)63(8,9)10)65(54-38(3)20-16-21-39(54)4)56-43-23-12-14-26-47(43)68(49)61(56)70/h11-35H,1-10H3. The highest BCUT2D eigenvalue weighted by Gasteiger charge is 2.43. The van der Waals surface area contributed by atoms with Crippen molar-refractivity contribution in [3.05, 3.63) is 185 Å². The van der Waals surface area contributed by atoms with Crippen LogP contribution in [-0.4, -0.2) is 36.3 Å². The van der Waals surface area contributed by atoms with Crippen molar-refractivity contribution < 1.29 is 4.74 Å². The van der Waals surface area contributed by atoms with Crippen LogP contribution >= 0.6 is 0 Å². The fourth-order valence-electron chi connectivity index (χ4n) is 13.4. The average molecular weight is 920 g/mol. The van der Waals surface area contributed by atoms with E-state index in [-0.39, 0.29) is 24.3 Å². The van der Waals surface area contributed by atoms with Gasteiger partial charge >= 0.3 is 0 Å². The van der Waals surface area contributed by atoms with Gasteiger partial charge in [-0.2, -0.15) is 0 Å². The third-order valence-corrected chi connectivity index (χ3v) is 16.2. The van der Waals surface area contributed by atoms with E-state index in [1.54, 1.807) is 0 Å². The van der Waals surface area contributed by atoms with Crippen LogP contribution in [0.2, 0.25) is 0 Å². The number of fused-ring (bicyclic) bond motifs is 16. The van der Waals surface area contributed by atoms with Crippen LogP contribution in [0.25, 0.3) is 66.7 Å². The van der Waals surface area contributed by atoms with E-state index in [2.05, 4.69) is 233 Å². The van der Waals surface area contributed by atoms with Gasteiger partial charge in [0, 0.05) is 24.0 Å². The lowest BCUT2D eigenvalue weighted by atomic mass is 9.33. The monoisotopic (exact) mass is 919 g/mol. The molecular formula is C63H55B2N5O. The van der Waals surface area contributed by atoms with Gasteiger partial charge in [0.05, 0.1) is 33.1 Å². The van der Waals surface area contributed by atoms with Crippen molar-refractivity contribution in [2.75, 3.05) is 0 Å². The molecule has 8 heteroatoms. The summed E-state index contributed by atoms with van der Waals surface area (Å²) in [5, 5.41) is 2.57. The van der Waals surface area contributed by atoms with E-state index < -0.39 is 0 Å². The maximum absolute atomic E-state index is 7.12. The minimum atomic E-state index is -0.129. The zero-order valence-electron chi connectivity index (χ0n) is 42.2. The molecular weight excluding hydrogens is 864 g/mol. The summed E-state index contributed by atoms with van der Waals surface area (Å²) in [6.07, 6.45) is 2.01. The molecule has 344 valence electrons. The molecule has 7 aromatic carbocycles. The van der Waals surface area contributed by atoms with Gasteiger partial charge in [-0.3, -0.25) is 17.9 Å². The van der Waals surface area contributed by atoms with Crippen LogP contribution in [0.4, 0.5) is 0 Å². The second kappa shape index (κ2) is 14.4. The SMILES string of the molecule is Cc1cccc(C)c1B1c2c(cccc2C(C)(C)C)-n2c3cc(Oc4ccc5c(c4)n4c6c(c7ccccc7n56)B(c5c(C)cccc5C)c5c(C(C)(C)C)ccnc5-4)ccc3n3c4ccccc4c1c23. The molecule has 71 heavy (non-hydrogen) atoms. The van der Waals surface area contributed by atoms with Crippen molar-refractivity contribution in [3.8, 4) is 23.0 Å². The number of pyridine rings is 1. The quantitative estimate of drug-likeness (QED) is 0.165. The van der Waals surface area contributed by atoms with Crippen LogP contribution in [-0.2, 0) is 10.8 Å². The van der Waals surface area contributed by atoms with Gasteiger partial charge in [-0.05, 0) is 131 Å². The normalized spacial score (nSPS) is 13.4. The maximum atomic E-state index is 7.12. The number of aryl methyl sites for hydroxylation is 4. The predicted octanol–water partition coefficient (Wildman–Crippen LogP) is 11.1. The number of imidazole rings is 2. The molecule has 0 unspecified atom stereocenters. The molecule has 0 N–H and O–H groups in total. The first-order valence-corrected chi connectivity index (χ1v) is 25.3. The Hall–Kier alpha value is -7.70. The van der Waals surface area contributed by atoms with Gasteiger partial charge in [0.15, 0.2) is 0 Å². The van der Waals surface area contributed by atoms with Crippen LogP contribution in [0.3, 0.4) is 0 Å². The number of ether oxygens (including phenoxy) is 1. The molecule has 0 radical (unpaired) electrons. The number of hydrogen-bond acceptors (Lipinski definition) is 2.